The predicted molar refractivity (Wildman–Crippen MR) is 78.7 cm³/mol. The van der Waals surface area contributed by atoms with E-state index in [0.717, 1.165) is 0 Å². The average molecular weight is 308 g/mol. The van der Waals surface area contributed by atoms with E-state index in [1.807, 2.05) is 6.07 Å². The molecule has 2 nitrogen and oxygen atoms in total. The van der Waals surface area contributed by atoms with Gasteiger partial charge in [-0.15, -0.1) is 11.3 Å². The van der Waals surface area contributed by atoms with Crippen LogP contribution < -0.4 is 0 Å². The van der Waals surface area contributed by atoms with Crippen molar-refractivity contribution in [2.45, 2.75) is 0 Å². The largest absolute Gasteiger partial charge is 0.287 e. The lowest BCUT2D eigenvalue weighted by molar-refractivity contribution is 0.104. The second-order valence-corrected chi connectivity index (χ2v) is 5.43. The second-order valence-electron chi connectivity index (χ2n) is 3.64. The lowest BCUT2D eigenvalue weighted by atomic mass is 10.1. The van der Waals surface area contributed by atoms with E-state index in [1.54, 1.807) is 35.7 Å². The van der Waals surface area contributed by atoms with Gasteiger partial charge in [-0.2, -0.15) is 5.26 Å². The second kappa shape index (κ2) is 6.03. The lowest BCUT2D eigenvalue weighted by Crippen LogP contribution is -1.99. The van der Waals surface area contributed by atoms with Crippen molar-refractivity contribution in [2.75, 3.05) is 0 Å². The number of nitrogens with zero attached hydrogens (tertiary/aromatic N) is 1. The van der Waals surface area contributed by atoms with Gasteiger partial charge in [-0.3, -0.25) is 4.79 Å². The highest BCUT2D eigenvalue weighted by Gasteiger charge is 2.13. The van der Waals surface area contributed by atoms with E-state index in [-0.39, 0.29) is 11.4 Å². The van der Waals surface area contributed by atoms with Gasteiger partial charge in [0, 0.05) is 10.0 Å². The van der Waals surface area contributed by atoms with E-state index < -0.39 is 0 Å². The highest BCUT2D eigenvalue weighted by molar-refractivity contribution is 7.12. The Morgan fingerprint density at radius 3 is 2.68 bits per heavy atom. The molecule has 19 heavy (non-hydrogen) atoms. The molecule has 0 aliphatic heterocycles. The number of nitriles is 1. The third kappa shape index (κ3) is 3.24. The van der Waals surface area contributed by atoms with Crippen molar-refractivity contribution in [1.82, 2.24) is 0 Å². The summed E-state index contributed by atoms with van der Waals surface area (Å²) in [6.07, 6.45) is 1.47. The molecule has 0 radical (unpaired) electrons. The van der Waals surface area contributed by atoms with Gasteiger partial charge in [0.1, 0.15) is 11.6 Å². The number of thiophene rings is 1. The number of Topliss-reactive ketones (excluding diaryl/α,β-unsaturated/α-hetero) is 1. The average Bonchev–Trinajstić information content (AvgIpc) is 2.91. The highest BCUT2D eigenvalue weighted by Crippen LogP contribution is 2.24. The molecule has 0 unspecified atom stereocenters. The number of rotatable bonds is 3. The molecular weight excluding hydrogens is 301 g/mol. The molecule has 0 amide bonds. The zero-order valence-electron chi connectivity index (χ0n) is 9.56. The van der Waals surface area contributed by atoms with Crippen LogP contribution in [0.4, 0.5) is 0 Å². The van der Waals surface area contributed by atoms with Gasteiger partial charge in [0.15, 0.2) is 0 Å². The maximum Gasteiger partial charge on any atom is 0.213 e. The van der Waals surface area contributed by atoms with E-state index in [9.17, 15) is 4.79 Å². The van der Waals surface area contributed by atoms with Crippen LogP contribution in [0, 0.1) is 11.3 Å². The van der Waals surface area contributed by atoms with Gasteiger partial charge in [0.2, 0.25) is 5.78 Å². The van der Waals surface area contributed by atoms with Gasteiger partial charge >= 0.3 is 0 Å². The van der Waals surface area contributed by atoms with Gasteiger partial charge in [-0.05, 0) is 35.2 Å². The molecule has 1 heterocycles. The minimum Gasteiger partial charge on any atom is -0.287 e. The molecule has 0 saturated heterocycles. The zero-order valence-corrected chi connectivity index (χ0v) is 11.9. The van der Waals surface area contributed by atoms with Crippen molar-refractivity contribution in [3.8, 4) is 6.07 Å². The van der Waals surface area contributed by atoms with E-state index >= 15 is 0 Å². The first kappa shape index (κ1) is 13.8. The van der Waals surface area contributed by atoms with Crippen LogP contribution in [0.25, 0.3) is 6.08 Å². The number of carbonyl (C=O) groups is 1. The van der Waals surface area contributed by atoms with Gasteiger partial charge in [-0.25, -0.2) is 0 Å². The van der Waals surface area contributed by atoms with Gasteiger partial charge in [0.25, 0.3) is 0 Å². The van der Waals surface area contributed by atoms with Crippen molar-refractivity contribution in [3.63, 3.8) is 0 Å². The van der Waals surface area contributed by atoms with Crippen molar-refractivity contribution >= 4 is 46.4 Å². The Morgan fingerprint density at radius 1 is 1.32 bits per heavy atom. The molecule has 1 aromatic heterocycles. The molecule has 2 rings (SSSR count). The highest BCUT2D eigenvalue weighted by atomic mass is 35.5. The Hall–Kier alpha value is -1.60. The summed E-state index contributed by atoms with van der Waals surface area (Å²) in [5, 5.41) is 11.8. The summed E-state index contributed by atoms with van der Waals surface area (Å²) in [4.78, 5) is 12.6. The molecule has 0 aliphatic rings. The summed E-state index contributed by atoms with van der Waals surface area (Å²) in [5.74, 6) is -0.302. The van der Waals surface area contributed by atoms with Gasteiger partial charge in [0.05, 0.1) is 4.88 Å². The Kier molecular flexibility index (Phi) is 4.39. The summed E-state index contributed by atoms with van der Waals surface area (Å²) in [6.45, 7) is 0. The summed E-state index contributed by atoms with van der Waals surface area (Å²) in [5.41, 5.74) is 0.638. The number of benzene rings is 1. The molecular formula is C14H7Cl2NOS. The molecule has 0 aliphatic carbocycles. The van der Waals surface area contributed by atoms with Crippen LogP contribution in [-0.2, 0) is 0 Å². The van der Waals surface area contributed by atoms with Crippen LogP contribution in [0.2, 0.25) is 10.0 Å². The molecule has 0 N–H and O–H groups in total. The third-order valence-corrected chi connectivity index (χ3v) is 3.80. The first-order chi connectivity index (χ1) is 9.11. The molecule has 2 aromatic rings. The van der Waals surface area contributed by atoms with E-state index in [2.05, 4.69) is 0 Å². The van der Waals surface area contributed by atoms with Crippen LogP contribution in [0.5, 0.6) is 0 Å². The normalized spacial score (nSPS) is 11.1. The fraction of sp³-hybridized carbons (Fsp3) is 0. The quantitative estimate of drug-likeness (QED) is 0.462. The molecule has 0 saturated carbocycles. The van der Waals surface area contributed by atoms with Crippen LogP contribution in [-0.4, -0.2) is 5.78 Å². The fourth-order valence-electron chi connectivity index (χ4n) is 1.46. The molecule has 94 valence electrons. The standard InChI is InChI=1S/C14H7Cl2NOS/c15-11-4-3-9(12(16)7-11)6-10(8-17)14(18)13-2-1-5-19-13/h1-7H/b10-6+. The number of hydrogen-bond donors (Lipinski definition) is 0. The maximum absolute atomic E-state index is 12.1. The summed E-state index contributed by atoms with van der Waals surface area (Å²) in [6, 6.07) is 10.3. The van der Waals surface area contributed by atoms with E-state index in [4.69, 9.17) is 28.5 Å². The van der Waals surface area contributed by atoms with Crippen molar-refractivity contribution in [3.05, 3.63) is 61.8 Å². The smallest absolute Gasteiger partial charge is 0.213 e. The van der Waals surface area contributed by atoms with Gasteiger partial charge in [-0.1, -0.05) is 35.3 Å². The predicted octanol–water partition coefficient (Wildman–Crippen LogP) is 4.84. The van der Waals surface area contributed by atoms with Crippen LogP contribution in [0.1, 0.15) is 15.2 Å². The maximum atomic E-state index is 12.1. The van der Waals surface area contributed by atoms with Crippen LogP contribution in [0.3, 0.4) is 0 Å². The van der Waals surface area contributed by atoms with E-state index in [1.165, 1.54) is 17.4 Å². The third-order valence-electron chi connectivity index (χ3n) is 2.37. The van der Waals surface area contributed by atoms with Crippen LogP contribution >= 0.6 is 34.5 Å². The van der Waals surface area contributed by atoms with Crippen molar-refractivity contribution in [1.29, 1.82) is 5.26 Å². The van der Waals surface area contributed by atoms with Crippen molar-refractivity contribution in [2.24, 2.45) is 0 Å². The first-order valence-corrected chi connectivity index (χ1v) is 6.90. The summed E-state index contributed by atoms with van der Waals surface area (Å²) < 4.78 is 0. The minimum atomic E-state index is -0.302. The number of halogens is 2. The van der Waals surface area contributed by atoms with Gasteiger partial charge < -0.3 is 0 Å². The monoisotopic (exact) mass is 307 g/mol. The minimum absolute atomic E-state index is 0.0478. The molecule has 0 bridgehead atoms. The summed E-state index contributed by atoms with van der Waals surface area (Å²) in [7, 11) is 0. The Labute approximate surface area is 124 Å². The fourth-order valence-corrected chi connectivity index (χ4v) is 2.60. The van der Waals surface area contributed by atoms with Crippen LogP contribution in [0.15, 0.2) is 41.3 Å². The number of allylic oxidation sites excluding steroid dienone is 1. The molecule has 0 spiro atoms. The first-order valence-electron chi connectivity index (χ1n) is 5.27. The number of ketones is 1. The zero-order chi connectivity index (χ0) is 13.8. The molecule has 1 aromatic carbocycles. The molecule has 0 fully saturated rings. The Balaban J connectivity index is 2.40. The topological polar surface area (TPSA) is 40.9 Å². The Morgan fingerprint density at radius 2 is 2.11 bits per heavy atom. The van der Waals surface area contributed by atoms with E-state index in [0.29, 0.717) is 20.5 Å². The summed E-state index contributed by atoms with van der Waals surface area (Å²) >= 11 is 13.1. The molecule has 0 atom stereocenters. The lowest BCUT2D eigenvalue weighted by Gasteiger charge is -2.00. The van der Waals surface area contributed by atoms with Crippen molar-refractivity contribution < 1.29 is 4.79 Å². The SMILES string of the molecule is N#C/C(=C\c1ccc(Cl)cc1Cl)C(=O)c1cccs1. The number of hydrogen-bond acceptors (Lipinski definition) is 3. The Bertz CT molecular complexity index is 684. The molecule has 5 heteroatoms. The number of carbonyl (C=O) groups excluding carboxylic acids is 1.